The van der Waals surface area contributed by atoms with Gasteiger partial charge < -0.3 is 10.8 Å². The molecule has 0 bridgehead atoms. The smallest absolute Gasteiger partial charge is 0.159 e. The van der Waals surface area contributed by atoms with E-state index in [9.17, 15) is 5.11 Å². The van der Waals surface area contributed by atoms with Gasteiger partial charge >= 0.3 is 0 Å². The predicted molar refractivity (Wildman–Crippen MR) is 69.0 cm³/mol. The van der Waals surface area contributed by atoms with Crippen molar-refractivity contribution < 1.29 is 5.11 Å². The molecule has 1 atom stereocenters. The standard InChI is InChI=1S/C14H15N3O/c15-12-6-2-4-10-8-16-14(17-13(10)12)9-3-1-5-11(18)7-9/h1,3,5,7-8,12,18H,2,4,6,15H2. The van der Waals surface area contributed by atoms with E-state index in [0.717, 1.165) is 36.1 Å². The Morgan fingerprint density at radius 2 is 2.22 bits per heavy atom. The minimum absolute atomic E-state index is 0.00723. The maximum absolute atomic E-state index is 9.48. The lowest BCUT2D eigenvalue weighted by molar-refractivity contribution is 0.475. The Bertz CT molecular complexity index is 583. The predicted octanol–water partition coefficient (Wildman–Crippen LogP) is 2.19. The monoisotopic (exact) mass is 241 g/mol. The molecular formula is C14H15N3O. The number of rotatable bonds is 1. The molecule has 1 aliphatic rings. The van der Waals surface area contributed by atoms with Gasteiger partial charge in [0, 0.05) is 17.8 Å². The zero-order chi connectivity index (χ0) is 12.5. The van der Waals surface area contributed by atoms with E-state index in [2.05, 4.69) is 9.97 Å². The second kappa shape index (κ2) is 4.38. The summed E-state index contributed by atoms with van der Waals surface area (Å²) in [5, 5.41) is 9.48. The normalized spacial score (nSPS) is 18.4. The second-order valence-electron chi connectivity index (χ2n) is 4.65. The van der Waals surface area contributed by atoms with Gasteiger partial charge in [-0.05, 0) is 37.0 Å². The first-order valence-corrected chi connectivity index (χ1v) is 6.15. The van der Waals surface area contributed by atoms with Crippen molar-refractivity contribution in [2.75, 3.05) is 0 Å². The molecular weight excluding hydrogens is 226 g/mol. The number of phenolic OH excluding ortho intramolecular Hbond substituents is 1. The summed E-state index contributed by atoms with van der Waals surface area (Å²) in [5.74, 6) is 0.847. The SMILES string of the molecule is NC1CCCc2cnc(-c3cccc(O)c3)nc21. The summed E-state index contributed by atoms with van der Waals surface area (Å²) < 4.78 is 0. The van der Waals surface area contributed by atoms with E-state index in [0.29, 0.717) is 5.82 Å². The van der Waals surface area contributed by atoms with Gasteiger partial charge in [-0.25, -0.2) is 9.97 Å². The lowest BCUT2D eigenvalue weighted by Crippen LogP contribution is -2.19. The molecule has 18 heavy (non-hydrogen) atoms. The fourth-order valence-corrected chi connectivity index (χ4v) is 2.37. The van der Waals surface area contributed by atoms with Crippen molar-refractivity contribution in [2.24, 2.45) is 5.73 Å². The molecule has 0 spiro atoms. The zero-order valence-electron chi connectivity index (χ0n) is 10.0. The van der Waals surface area contributed by atoms with Gasteiger partial charge in [-0.1, -0.05) is 12.1 Å². The van der Waals surface area contributed by atoms with Crippen LogP contribution in [0.3, 0.4) is 0 Å². The van der Waals surface area contributed by atoms with Crippen molar-refractivity contribution in [3.05, 3.63) is 41.7 Å². The fraction of sp³-hybridized carbons (Fsp3) is 0.286. The Kier molecular flexibility index (Phi) is 2.72. The summed E-state index contributed by atoms with van der Waals surface area (Å²) in [7, 11) is 0. The molecule has 0 saturated carbocycles. The van der Waals surface area contributed by atoms with Crippen LogP contribution in [0, 0.1) is 0 Å². The second-order valence-corrected chi connectivity index (χ2v) is 4.65. The summed E-state index contributed by atoms with van der Waals surface area (Å²) in [6.07, 6.45) is 4.94. The van der Waals surface area contributed by atoms with Crippen LogP contribution in [0.15, 0.2) is 30.5 Å². The van der Waals surface area contributed by atoms with Crippen LogP contribution >= 0.6 is 0 Å². The van der Waals surface area contributed by atoms with Crippen molar-refractivity contribution in [3.63, 3.8) is 0 Å². The fourth-order valence-electron chi connectivity index (χ4n) is 2.37. The minimum Gasteiger partial charge on any atom is -0.508 e. The molecule has 3 N–H and O–H groups in total. The van der Waals surface area contributed by atoms with Crippen molar-refractivity contribution >= 4 is 0 Å². The van der Waals surface area contributed by atoms with E-state index in [-0.39, 0.29) is 11.8 Å². The Balaban J connectivity index is 2.06. The molecule has 3 rings (SSSR count). The molecule has 2 aromatic rings. The number of aromatic nitrogens is 2. The Hall–Kier alpha value is -1.94. The molecule has 1 aromatic heterocycles. The van der Waals surface area contributed by atoms with Crippen LogP contribution < -0.4 is 5.73 Å². The molecule has 0 radical (unpaired) electrons. The quantitative estimate of drug-likeness (QED) is 0.802. The van der Waals surface area contributed by atoms with Gasteiger partial charge in [0.25, 0.3) is 0 Å². The number of hydrogen-bond acceptors (Lipinski definition) is 4. The van der Waals surface area contributed by atoms with E-state index in [4.69, 9.17) is 5.73 Å². The summed E-state index contributed by atoms with van der Waals surface area (Å²) in [5.41, 5.74) is 9.00. The molecule has 1 heterocycles. The lowest BCUT2D eigenvalue weighted by atomic mass is 9.93. The molecule has 0 amide bonds. The van der Waals surface area contributed by atoms with Crippen LogP contribution in [0.25, 0.3) is 11.4 Å². The maximum atomic E-state index is 9.48. The number of nitrogens with two attached hydrogens (primary N) is 1. The van der Waals surface area contributed by atoms with Crippen LogP contribution in [-0.4, -0.2) is 15.1 Å². The molecule has 1 unspecified atom stereocenters. The van der Waals surface area contributed by atoms with E-state index < -0.39 is 0 Å². The summed E-state index contributed by atoms with van der Waals surface area (Å²) in [6, 6.07) is 6.97. The molecule has 4 nitrogen and oxygen atoms in total. The minimum atomic E-state index is 0.00723. The molecule has 92 valence electrons. The summed E-state index contributed by atoms with van der Waals surface area (Å²) >= 11 is 0. The first-order chi connectivity index (χ1) is 8.74. The molecule has 1 aliphatic carbocycles. The van der Waals surface area contributed by atoms with E-state index >= 15 is 0 Å². The number of aryl methyl sites for hydroxylation is 1. The van der Waals surface area contributed by atoms with Crippen molar-refractivity contribution in [1.29, 1.82) is 0 Å². The van der Waals surface area contributed by atoms with Crippen molar-refractivity contribution in [2.45, 2.75) is 25.3 Å². The van der Waals surface area contributed by atoms with Crippen LogP contribution in [0.1, 0.15) is 30.1 Å². The van der Waals surface area contributed by atoms with Gasteiger partial charge in [-0.2, -0.15) is 0 Å². The van der Waals surface area contributed by atoms with Gasteiger partial charge in [0.1, 0.15) is 5.75 Å². The Morgan fingerprint density at radius 1 is 1.33 bits per heavy atom. The highest BCUT2D eigenvalue weighted by Crippen LogP contribution is 2.28. The van der Waals surface area contributed by atoms with E-state index in [1.165, 1.54) is 0 Å². The van der Waals surface area contributed by atoms with Crippen molar-refractivity contribution in [1.82, 2.24) is 9.97 Å². The first-order valence-electron chi connectivity index (χ1n) is 6.15. The maximum Gasteiger partial charge on any atom is 0.159 e. The number of hydrogen-bond donors (Lipinski definition) is 2. The highest BCUT2D eigenvalue weighted by atomic mass is 16.3. The summed E-state index contributed by atoms with van der Waals surface area (Å²) in [4.78, 5) is 8.92. The van der Waals surface area contributed by atoms with Crippen molar-refractivity contribution in [3.8, 4) is 17.1 Å². The Morgan fingerprint density at radius 3 is 3.06 bits per heavy atom. The van der Waals surface area contributed by atoms with Crippen LogP contribution in [0.5, 0.6) is 5.75 Å². The number of fused-ring (bicyclic) bond motifs is 1. The van der Waals surface area contributed by atoms with Crippen LogP contribution in [0.2, 0.25) is 0 Å². The van der Waals surface area contributed by atoms with Gasteiger partial charge in [0.2, 0.25) is 0 Å². The molecule has 0 aliphatic heterocycles. The number of phenols is 1. The van der Waals surface area contributed by atoms with Gasteiger partial charge in [0.15, 0.2) is 5.82 Å². The average Bonchev–Trinajstić information content (AvgIpc) is 2.39. The molecule has 0 saturated heterocycles. The first kappa shape index (κ1) is 11.2. The Labute approximate surface area is 106 Å². The van der Waals surface area contributed by atoms with E-state index in [1.54, 1.807) is 18.2 Å². The lowest BCUT2D eigenvalue weighted by Gasteiger charge is -2.20. The summed E-state index contributed by atoms with van der Waals surface area (Å²) in [6.45, 7) is 0. The van der Waals surface area contributed by atoms with Gasteiger partial charge in [-0.15, -0.1) is 0 Å². The third-order valence-corrected chi connectivity index (χ3v) is 3.31. The highest BCUT2D eigenvalue weighted by molar-refractivity contribution is 5.57. The third-order valence-electron chi connectivity index (χ3n) is 3.31. The van der Waals surface area contributed by atoms with Gasteiger partial charge in [0.05, 0.1) is 5.69 Å². The number of nitrogens with zero attached hydrogens (tertiary/aromatic N) is 2. The van der Waals surface area contributed by atoms with Crippen LogP contribution in [0.4, 0.5) is 0 Å². The molecule has 0 fully saturated rings. The van der Waals surface area contributed by atoms with Crippen LogP contribution in [-0.2, 0) is 6.42 Å². The number of aromatic hydroxyl groups is 1. The number of benzene rings is 1. The molecule has 4 heteroatoms. The molecule has 1 aromatic carbocycles. The van der Waals surface area contributed by atoms with Gasteiger partial charge in [-0.3, -0.25) is 0 Å². The van der Waals surface area contributed by atoms with E-state index in [1.807, 2.05) is 12.3 Å². The topological polar surface area (TPSA) is 72.0 Å². The largest absolute Gasteiger partial charge is 0.508 e. The zero-order valence-corrected chi connectivity index (χ0v) is 10.0. The highest BCUT2D eigenvalue weighted by Gasteiger charge is 2.19. The average molecular weight is 241 g/mol. The third kappa shape index (κ3) is 1.95.